The lowest BCUT2D eigenvalue weighted by molar-refractivity contribution is -0.384. The fourth-order valence-electron chi connectivity index (χ4n) is 2.98. The molecule has 0 unspecified atom stereocenters. The summed E-state index contributed by atoms with van der Waals surface area (Å²) in [6.07, 6.45) is 3.09. The van der Waals surface area contributed by atoms with Gasteiger partial charge < -0.3 is 9.15 Å². The first-order valence-electron chi connectivity index (χ1n) is 9.26. The molecule has 0 radical (unpaired) electrons. The van der Waals surface area contributed by atoms with E-state index in [9.17, 15) is 14.9 Å². The predicted molar refractivity (Wildman–Crippen MR) is 113 cm³/mol. The fraction of sp³-hybridized carbons (Fsp3) is 0.0417. The molecule has 1 heterocycles. The number of nitrogens with zero attached hydrogens (tertiary/aromatic N) is 1. The van der Waals surface area contributed by atoms with Gasteiger partial charge in [-0.25, -0.2) is 0 Å². The van der Waals surface area contributed by atoms with Crippen molar-refractivity contribution in [3.8, 4) is 5.75 Å². The molecule has 6 heteroatoms. The van der Waals surface area contributed by atoms with Crippen molar-refractivity contribution in [1.29, 1.82) is 0 Å². The first kappa shape index (κ1) is 19.1. The molecule has 30 heavy (non-hydrogen) atoms. The number of fused-ring (bicyclic) bond motifs is 1. The van der Waals surface area contributed by atoms with Crippen LogP contribution in [0.5, 0.6) is 5.75 Å². The second kappa shape index (κ2) is 8.45. The summed E-state index contributed by atoms with van der Waals surface area (Å²) in [5.74, 6) is 1.50. The zero-order valence-corrected chi connectivity index (χ0v) is 15.9. The van der Waals surface area contributed by atoms with E-state index in [0.717, 1.165) is 10.8 Å². The number of carbonyl (C=O) groups excluding carboxylic acids is 1. The zero-order valence-electron chi connectivity index (χ0n) is 15.9. The van der Waals surface area contributed by atoms with Gasteiger partial charge in [0.25, 0.3) is 5.69 Å². The molecule has 0 aliphatic carbocycles. The molecule has 0 atom stereocenters. The Labute approximate surface area is 172 Å². The summed E-state index contributed by atoms with van der Waals surface area (Å²) in [6.45, 7) is 0.171. The Morgan fingerprint density at radius 1 is 0.967 bits per heavy atom. The Kier molecular flexibility index (Phi) is 5.39. The van der Waals surface area contributed by atoms with Gasteiger partial charge >= 0.3 is 0 Å². The normalized spacial score (nSPS) is 11.1. The van der Waals surface area contributed by atoms with Gasteiger partial charge in [0.15, 0.2) is 5.78 Å². The maximum absolute atomic E-state index is 12.5. The number of furan rings is 1. The molecule has 0 aliphatic rings. The van der Waals surface area contributed by atoms with Crippen LogP contribution in [0.2, 0.25) is 0 Å². The van der Waals surface area contributed by atoms with E-state index in [4.69, 9.17) is 9.15 Å². The zero-order chi connectivity index (χ0) is 20.9. The summed E-state index contributed by atoms with van der Waals surface area (Å²) in [5.41, 5.74) is 0.613. The molecule has 148 valence electrons. The van der Waals surface area contributed by atoms with Gasteiger partial charge in [0, 0.05) is 17.7 Å². The van der Waals surface area contributed by atoms with Crippen LogP contribution in [0.1, 0.15) is 21.9 Å². The van der Waals surface area contributed by atoms with Crippen LogP contribution in [-0.4, -0.2) is 10.7 Å². The third-order valence-corrected chi connectivity index (χ3v) is 4.54. The van der Waals surface area contributed by atoms with Crippen LogP contribution in [0.4, 0.5) is 5.69 Å². The quantitative estimate of drug-likeness (QED) is 0.169. The third-order valence-electron chi connectivity index (χ3n) is 4.54. The number of allylic oxidation sites excluding steroid dienone is 1. The number of nitro groups is 1. The Morgan fingerprint density at radius 2 is 1.73 bits per heavy atom. The summed E-state index contributed by atoms with van der Waals surface area (Å²) < 4.78 is 11.2. The van der Waals surface area contributed by atoms with Gasteiger partial charge in [-0.1, -0.05) is 36.4 Å². The minimum atomic E-state index is -0.464. The molecule has 0 aliphatic heterocycles. The molecule has 6 nitrogen and oxygen atoms in total. The summed E-state index contributed by atoms with van der Waals surface area (Å²) in [5, 5.41) is 12.8. The smallest absolute Gasteiger partial charge is 0.269 e. The summed E-state index contributed by atoms with van der Waals surface area (Å²) >= 11 is 0. The highest BCUT2D eigenvalue weighted by Crippen LogP contribution is 2.20. The van der Waals surface area contributed by atoms with Crippen molar-refractivity contribution in [2.75, 3.05) is 0 Å². The molecule has 0 saturated heterocycles. The van der Waals surface area contributed by atoms with Crippen LogP contribution in [0.25, 0.3) is 16.8 Å². The molecular weight excluding hydrogens is 382 g/mol. The van der Waals surface area contributed by atoms with Gasteiger partial charge in [-0.3, -0.25) is 14.9 Å². The largest absolute Gasteiger partial charge is 0.486 e. The number of ketones is 1. The lowest BCUT2D eigenvalue weighted by Crippen LogP contribution is -1.94. The van der Waals surface area contributed by atoms with Gasteiger partial charge in [-0.15, -0.1) is 0 Å². The number of hydrogen-bond acceptors (Lipinski definition) is 5. The van der Waals surface area contributed by atoms with Crippen LogP contribution >= 0.6 is 0 Å². The summed E-state index contributed by atoms with van der Waals surface area (Å²) in [6, 6.07) is 22.8. The summed E-state index contributed by atoms with van der Waals surface area (Å²) in [4.78, 5) is 22.7. The van der Waals surface area contributed by atoms with E-state index in [1.54, 1.807) is 24.3 Å². The molecule has 0 spiro atoms. The molecular formula is C24H17NO5. The predicted octanol–water partition coefficient (Wildman–Crippen LogP) is 5.82. The van der Waals surface area contributed by atoms with Gasteiger partial charge in [-0.05, 0) is 53.3 Å². The van der Waals surface area contributed by atoms with E-state index < -0.39 is 4.92 Å². The number of ether oxygens (including phenoxy) is 1. The van der Waals surface area contributed by atoms with Crippen LogP contribution in [-0.2, 0) is 6.61 Å². The average Bonchev–Trinajstić information content (AvgIpc) is 3.24. The van der Waals surface area contributed by atoms with Gasteiger partial charge in [-0.2, -0.15) is 0 Å². The van der Waals surface area contributed by atoms with E-state index in [1.807, 2.05) is 36.4 Å². The molecule has 0 N–H and O–H groups in total. The molecule has 3 aromatic carbocycles. The van der Waals surface area contributed by atoms with Crippen LogP contribution < -0.4 is 4.74 Å². The van der Waals surface area contributed by atoms with Crippen molar-refractivity contribution in [2.24, 2.45) is 0 Å². The maximum Gasteiger partial charge on any atom is 0.269 e. The van der Waals surface area contributed by atoms with Gasteiger partial charge in [0.1, 0.15) is 23.9 Å². The second-order valence-corrected chi connectivity index (χ2v) is 6.60. The van der Waals surface area contributed by atoms with E-state index >= 15 is 0 Å². The van der Waals surface area contributed by atoms with Crippen molar-refractivity contribution < 1.29 is 18.9 Å². The molecule has 4 rings (SSSR count). The molecule has 1 aromatic heterocycles. The number of nitro benzene ring substituents is 1. The SMILES string of the molecule is O=C(/C=C/c1ccc(COc2ccc([N+](=O)[O-])cc2)o1)c1ccc2ccccc2c1. The van der Waals surface area contributed by atoms with Gasteiger partial charge in [0.05, 0.1) is 4.92 Å². The Balaban J connectivity index is 1.37. The highest BCUT2D eigenvalue weighted by atomic mass is 16.6. The van der Waals surface area contributed by atoms with E-state index in [2.05, 4.69) is 0 Å². The first-order chi connectivity index (χ1) is 14.6. The van der Waals surface area contributed by atoms with Crippen molar-refractivity contribution in [2.45, 2.75) is 6.61 Å². The van der Waals surface area contributed by atoms with E-state index in [1.165, 1.54) is 30.3 Å². The number of non-ortho nitro benzene ring substituents is 1. The average molecular weight is 399 g/mol. The van der Waals surface area contributed by atoms with Crippen molar-refractivity contribution in [3.63, 3.8) is 0 Å². The van der Waals surface area contributed by atoms with Gasteiger partial charge in [0.2, 0.25) is 0 Å². The van der Waals surface area contributed by atoms with Crippen molar-refractivity contribution >= 4 is 28.3 Å². The standard InChI is InChI=1S/C24H17NO5/c26-24(19-6-5-17-3-1-2-4-18(17)15-19)14-13-22-11-12-23(30-22)16-29-21-9-7-20(8-10-21)25(27)28/h1-15H,16H2/b14-13+. The first-order valence-corrected chi connectivity index (χ1v) is 9.26. The van der Waals surface area contributed by atoms with Crippen molar-refractivity contribution in [1.82, 2.24) is 0 Å². The molecule has 0 bridgehead atoms. The molecule has 4 aromatic rings. The van der Waals surface area contributed by atoms with Crippen LogP contribution in [0.15, 0.2) is 89.4 Å². The van der Waals surface area contributed by atoms with Crippen LogP contribution in [0, 0.1) is 10.1 Å². The highest BCUT2D eigenvalue weighted by molar-refractivity contribution is 6.08. The highest BCUT2D eigenvalue weighted by Gasteiger charge is 2.07. The topological polar surface area (TPSA) is 82.6 Å². The summed E-state index contributed by atoms with van der Waals surface area (Å²) in [7, 11) is 0. The Morgan fingerprint density at radius 3 is 2.50 bits per heavy atom. The molecule has 0 saturated carbocycles. The Hall–Kier alpha value is -4.19. The second-order valence-electron chi connectivity index (χ2n) is 6.60. The number of rotatable bonds is 7. The Bertz CT molecular complexity index is 1240. The number of benzene rings is 3. The van der Waals surface area contributed by atoms with Crippen molar-refractivity contribution in [3.05, 3.63) is 112 Å². The van der Waals surface area contributed by atoms with Crippen LogP contribution in [0.3, 0.4) is 0 Å². The maximum atomic E-state index is 12.5. The molecule has 0 amide bonds. The minimum Gasteiger partial charge on any atom is -0.486 e. The number of carbonyl (C=O) groups is 1. The fourth-order valence-corrected chi connectivity index (χ4v) is 2.98. The van der Waals surface area contributed by atoms with E-state index in [0.29, 0.717) is 22.8 Å². The van der Waals surface area contributed by atoms with E-state index in [-0.39, 0.29) is 18.1 Å². The number of hydrogen-bond donors (Lipinski definition) is 0. The third kappa shape index (κ3) is 4.44. The monoisotopic (exact) mass is 399 g/mol. The molecule has 0 fully saturated rings. The lowest BCUT2D eigenvalue weighted by Gasteiger charge is -2.03. The lowest BCUT2D eigenvalue weighted by atomic mass is 10.0. The minimum absolute atomic E-state index is 0.00357.